The monoisotopic (exact) mass is 343 g/mol. The number of benzene rings is 1. The second-order valence-electron chi connectivity index (χ2n) is 6.41. The van der Waals surface area contributed by atoms with Crippen LogP contribution in [0.1, 0.15) is 24.3 Å². The number of carbonyl (C=O) groups excluding carboxylic acids is 1. The van der Waals surface area contributed by atoms with Crippen LogP contribution in [0.15, 0.2) is 41.3 Å². The van der Waals surface area contributed by atoms with Gasteiger partial charge in [-0.25, -0.2) is 0 Å². The first-order valence-corrected chi connectivity index (χ1v) is 8.71. The summed E-state index contributed by atoms with van der Waals surface area (Å²) in [5.41, 5.74) is 1.44. The average Bonchev–Trinajstić information content (AvgIpc) is 3.14. The van der Waals surface area contributed by atoms with Gasteiger partial charge in [0.1, 0.15) is 18.1 Å². The van der Waals surface area contributed by atoms with Crippen LogP contribution in [0.5, 0.6) is 11.5 Å². The quantitative estimate of drug-likeness (QED) is 0.902. The molecule has 0 aliphatic carbocycles. The van der Waals surface area contributed by atoms with Gasteiger partial charge in [0.25, 0.3) is 5.91 Å². The van der Waals surface area contributed by atoms with E-state index in [-0.39, 0.29) is 17.9 Å². The molecule has 1 aliphatic heterocycles. The lowest BCUT2D eigenvalue weighted by Crippen LogP contribution is -2.38. The lowest BCUT2D eigenvalue weighted by atomic mass is 9.91. The summed E-state index contributed by atoms with van der Waals surface area (Å²) in [6, 6.07) is 9.73. The highest BCUT2D eigenvalue weighted by atomic mass is 32.1. The number of nitrogens with one attached hydrogen (secondary N) is 1. The van der Waals surface area contributed by atoms with Crippen molar-refractivity contribution in [3.63, 3.8) is 0 Å². The van der Waals surface area contributed by atoms with Crippen LogP contribution >= 0.6 is 11.3 Å². The molecule has 0 saturated heterocycles. The summed E-state index contributed by atoms with van der Waals surface area (Å²) in [4.78, 5) is 13.7. The van der Waals surface area contributed by atoms with Gasteiger partial charge in [0.15, 0.2) is 0 Å². The molecular formula is C19H21NO3S. The number of carbonyl (C=O) groups is 1. The van der Waals surface area contributed by atoms with Crippen LogP contribution in [0, 0.1) is 0 Å². The minimum absolute atomic E-state index is 0.0823. The van der Waals surface area contributed by atoms with E-state index in [0.29, 0.717) is 12.1 Å². The molecule has 1 N–H and O–H groups in total. The highest BCUT2D eigenvalue weighted by Gasteiger charge is 2.24. The molecule has 0 bridgehead atoms. The molecule has 3 rings (SSSR count). The van der Waals surface area contributed by atoms with Crippen molar-refractivity contribution in [1.82, 2.24) is 5.32 Å². The Kier molecular flexibility index (Phi) is 4.62. The minimum atomic E-state index is -0.0921. The molecule has 1 amide bonds. The van der Waals surface area contributed by atoms with E-state index >= 15 is 0 Å². The zero-order valence-electron chi connectivity index (χ0n) is 14.1. The van der Waals surface area contributed by atoms with Gasteiger partial charge in [0, 0.05) is 28.5 Å². The Hall–Kier alpha value is -2.27. The predicted molar refractivity (Wildman–Crippen MR) is 96.8 cm³/mol. The molecule has 2 heterocycles. The molecule has 1 aromatic carbocycles. The molecule has 4 nitrogen and oxygen atoms in total. The van der Waals surface area contributed by atoms with Crippen molar-refractivity contribution in [2.75, 3.05) is 20.3 Å². The Balaban J connectivity index is 1.68. The van der Waals surface area contributed by atoms with Crippen molar-refractivity contribution in [2.45, 2.75) is 19.3 Å². The van der Waals surface area contributed by atoms with E-state index < -0.39 is 0 Å². The number of methoxy groups -OCH3 is 1. The first-order valence-electron chi connectivity index (χ1n) is 7.83. The average molecular weight is 343 g/mol. The third-order valence-corrected chi connectivity index (χ3v) is 5.34. The Morgan fingerprint density at radius 3 is 2.92 bits per heavy atom. The molecule has 1 aliphatic rings. The predicted octanol–water partition coefficient (Wildman–Crippen LogP) is 3.63. The molecule has 0 spiro atoms. The molecule has 1 aromatic heterocycles. The van der Waals surface area contributed by atoms with Gasteiger partial charge in [0.2, 0.25) is 0 Å². The zero-order valence-corrected chi connectivity index (χ0v) is 14.9. The van der Waals surface area contributed by atoms with E-state index in [9.17, 15) is 4.79 Å². The van der Waals surface area contributed by atoms with E-state index in [1.54, 1.807) is 18.4 Å². The van der Waals surface area contributed by atoms with Gasteiger partial charge in [-0.3, -0.25) is 4.79 Å². The summed E-state index contributed by atoms with van der Waals surface area (Å²) < 4.78 is 10.9. The van der Waals surface area contributed by atoms with E-state index in [1.165, 1.54) is 4.88 Å². The van der Waals surface area contributed by atoms with Crippen molar-refractivity contribution in [2.24, 2.45) is 0 Å². The van der Waals surface area contributed by atoms with Crippen LogP contribution in [0.4, 0.5) is 0 Å². The molecule has 0 unspecified atom stereocenters. The van der Waals surface area contributed by atoms with E-state index in [2.05, 4.69) is 30.6 Å². The van der Waals surface area contributed by atoms with Gasteiger partial charge >= 0.3 is 0 Å². The fraction of sp³-hybridized carbons (Fsp3) is 0.316. The summed E-state index contributed by atoms with van der Waals surface area (Å²) in [5.74, 6) is 1.40. The Morgan fingerprint density at radius 2 is 2.21 bits per heavy atom. The van der Waals surface area contributed by atoms with Crippen molar-refractivity contribution in [1.29, 1.82) is 0 Å². The summed E-state index contributed by atoms with van der Waals surface area (Å²) in [6.07, 6.45) is 1.88. The van der Waals surface area contributed by atoms with E-state index in [1.807, 2.05) is 30.3 Å². The van der Waals surface area contributed by atoms with Crippen molar-refractivity contribution in [3.05, 3.63) is 51.7 Å². The van der Waals surface area contributed by atoms with Gasteiger partial charge in [-0.05, 0) is 29.7 Å². The topological polar surface area (TPSA) is 47.6 Å². The summed E-state index contributed by atoms with van der Waals surface area (Å²) in [6.45, 7) is 5.11. The Bertz CT molecular complexity index is 763. The van der Waals surface area contributed by atoms with Gasteiger partial charge in [-0.2, -0.15) is 0 Å². The number of amides is 1. The van der Waals surface area contributed by atoms with Gasteiger partial charge in [-0.1, -0.05) is 19.9 Å². The normalized spacial score (nSPS) is 13.5. The third-order valence-electron chi connectivity index (χ3n) is 4.10. The molecule has 0 atom stereocenters. The van der Waals surface area contributed by atoms with Crippen LogP contribution in [0.3, 0.4) is 0 Å². The third kappa shape index (κ3) is 3.46. The maximum absolute atomic E-state index is 12.5. The molecule has 5 heteroatoms. The van der Waals surface area contributed by atoms with Crippen LogP contribution in [-0.4, -0.2) is 26.2 Å². The van der Waals surface area contributed by atoms with Crippen molar-refractivity contribution in [3.8, 4) is 11.5 Å². The van der Waals surface area contributed by atoms with Crippen LogP contribution < -0.4 is 14.8 Å². The van der Waals surface area contributed by atoms with Gasteiger partial charge < -0.3 is 14.8 Å². The second-order valence-corrected chi connectivity index (χ2v) is 7.35. The molecule has 24 heavy (non-hydrogen) atoms. The minimum Gasteiger partial charge on any atom is -0.497 e. The Labute approximate surface area is 146 Å². The number of rotatable bonds is 5. The highest BCUT2D eigenvalue weighted by molar-refractivity contribution is 7.10. The molecule has 126 valence electrons. The molecule has 0 radical (unpaired) electrons. The molecule has 0 fully saturated rings. The second kappa shape index (κ2) is 6.69. The molecular weight excluding hydrogens is 322 g/mol. The SMILES string of the molecule is COc1ccc2c(c1)OCC(C(=O)NCC(C)(C)c1cccs1)=C2. The maximum Gasteiger partial charge on any atom is 0.250 e. The largest absolute Gasteiger partial charge is 0.497 e. The maximum atomic E-state index is 12.5. The zero-order chi connectivity index (χ0) is 17.2. The Morgan fingerprint density at radius 1 is 1.38 bits per heavy atom. The lowest BCUT2D eigenvalue weighted by molar-refractivity contribution is -0.118. The number of thiophene rings is 1. The summed E-state index contributed by atoms with van der Waals surface area (Å²) in [5, 5.41) is 5.09. The van der Waals surface area contributed by atoms with E-state index in [0.717, 1.165) is 17.1 Å². The van der Waals surface area contributed by atoms with Crippen LogP contribution in [0.25, 0.3) is 6.08 Å². The number of hydrogen-bond acceptors (Lipinski definition) is 4. The van der Waals surface area contributed by atoms with E-state index in [4.69, 9.17) is 9.47 Å². The summed E-state index contributed by atoms with van der Waals surface area (Å²) in [7, 11) is 1.62. The molecule has 2 aromatic rings. The van der Waals surface area contributed by atoms with Gasteiger partial charge in [0.05, 0.1) is 12.7 Å². The first-order chi connectivity index (χ1) is 11.5. The van der Waals surface area contributed by atoms with Gasteiger partial charge in [-0.15, -0.1) is 11.3 Å². The standard InChI is InChI=1S/C19H21NO3S/c1-19(2,17-5-4-8-24-17)12-20-18(21)14-9-13-6-7-15(22-3)10-16(13)23-11-14/h4-10H,11-12H2,1-3H3,(H,20,21). The number of ether oxygens (including phenoxy) is 2. The lowest BCUT2D eigenvalue weighted by Gasteiger charge is -2.25. The highest BCUT2D eigenvalue weighted by Crippen LogP contribution is 2.30. The van der Waals surface area contributed by atoms with Crippen molar-refractivity contribution < 1.29 is 14.3 Å². The van der Waals surface area contributed by atoms with Crippen LogP contribution in [-0.2, 0) is 10.2 Å². The first kappa shape index (κ1) is 16.6. The summed E-state index contributed by atoms with van der Waals surface area (Å²) >= 11 is 1.71. The number of hydrogen-bond donors (Lipinski definition) is 1. The number of fused-ring (bicyclic) bond motifs is 1. The smallest absolute Gasteiger partial charge is 0.250 e. The van der Waals surface area contributed by atoms with Crippen molar-refractivity contribution >= 4 is 23.3 Å². The van der Waals surface area contributed by atoms with Crippen LogP contribution in [0.2, 0.25) is 0 Å². The fourth-order valence-electron chi connectivity index (χ4n) is 2.57. The fourth-order valence-corrected chi connectivity index (χ4v) is 3.42. The molecule has 0 saturated carbocycles.